The molecule has 0 saturated carbocycles. The molecular formula is C24H23N3O5S. The maximum absolute atomic E-state index is 14.1. The van der Waals surface area contributed by atoms with Crippen molar-refractivity contribution in [2.45, 2.75) is 38.3 Å². The van der Waals surface area contributed by atoms with E-state index in [-0.39, 0.29) is 23.4 Å². The lowest BCUT2D eigenvalue weighted by Gasteiger charge is -2.36. The number of nitrogens with one attached hydrogen (secondary N) is 1. The smallest absolute Gasteiger partial charge is 0.341 e. The summed E-state index contributed by atoms with van der Waals surface area (Å²) < 4.78 is 4.97. The Morgan fingerprint density at radius 1 is 1.18 bits per heavy atom. The predicted molar refractivity (Wildman–Crippen MR) is 121 cm³/mol. The average molecular weight is 466 g/mol. The van der Waals surface area contributed by atoms with Gasteiger partial charge in [-0.15, -0.1) is 11.3 Å². The lowest BCUT2D eigenvalue weighted by molar-refractivity contribution is -0.135. The van der Waals surface area contributed by atoms with Crippen molar-refractivity contribution < 1.29 is 23.9 Å². The second-order valence-electron chi connectivity index (χ2n) is 9.14. The van der Waals surface area contributed by atoms with Gasteiger partial charge in [0, 0.05) is 22.2 Å². The molecule has 9 heteroatoms. The summed E-state index contributed by atoms with van der Waals surface area (Å²) in [5.41, 5.74) is 1.17. The van der Waals surface area contributed by atoms with E-state index in [1.807, 2.05) is 31.2 Å². The average Bonchev–Trinajstić information content (AvgIpc) is 3.55. The molecule has 0 unspecified atom stereocenters. The highest BCUT2D eigenvalue weighted by atomic mass is 32.1. The summed E-state index contributed by atoms with van der Waals surface area (Å²) >= 11 is 1.24. The van der Waals surface area contributed by atoms with Crippen LogP contribution in [0.2, 0.25) is 0 Å². The second kappa shape index (κ2) is 6.74. The van der Waals surface area contributed by atoms with Gasteiger partial charge in [0.05, 0.1) is 24.5 Å². The maximum Gasteiger partial charge on any atom is 0.341 e. The molecule has 3 amide bonds. The zero-order valence-electron chi connectivity index (χ0n) is 18.5. The molecular weight excluding hydrogens is 442 g/mol. The minimum atomic E-state index is -1.21. The van der Waals surface area contributed by atoms with Crippen molar-refractivity contribution in [3.05, 3.63) is 45.8 Å². The number of benzene rings is 1. The van der Waals surface area contributed by atoms with E-state index in [1.165, 1.54) is 18.4 Å². The summed E-state index contributed by atoms with van der Waals surface area (Å²) in [6, 6.07) is 7.22. The van der Waals surface area contributed by atoms with Crippen molar-refractivity contribution in [1.29, 1.82) is 0 Å². The van der Waals surface area contributed by atoms with Crippen molar-refractivity contribution in [3.8, 4) is 0 Å². The van der Waals surface area contributed by atoms with Gasteiger partial charge in [0.1, 0.15) is 10.5 Å². The molecule has 0 aliphatic carbocycles. The number of esters is 1. The fourth-order valence-corrected chi connectivity index (χ4v) is 7.62. The molecule has 1 N–H and O–H groups in total. The molecule has 6 rings (SSSR count). The number of ether oxygens (including phenoxy) is 1. The zero-order valence-corrected chi connectivity index (χ0v) is 19.3. The largest absolute Gasteiger partial charge is 0.465 e. The van der Waals surface area contributed by atoms with Gasteiger partial charge in [-0.3, -0.25) is 19.3 Å². The number of nitrogens with zero attached hydrogens (tertiary/aromatic N) is 2. The summed E-state index contributed by atoms with van der Waals surface area (Å²) in [5, 5.41) is 3.26. The molecule has 1 spiro atoms. The van der Waals surface area contributed by atoms with Crippen LogP contribution in [0.4, 0.5) is 10.7 Å². The number of para-hydroxylation sites is 1. The zero-order chi connectivity index (χ0) is 23.2. The Hall–Kier alpha value is -3.04. The SMILES string of the molecule is COC(=O)c1c(N2C(=O)[C@@H]3[C@@H]4CCCN4[C@@]4(C(=O)Nc5ccccc54)[C@H]3C2=O)sc(C)c1C. The van der Waals surface area contributed by atoms with Crippen LogP contribution in [0.5, 0.6) is 0 Å². The van der Waals surface area contributed by atoms with Crippen LogP contribution in [0, 0.1) is 25.7 Å². The molecule has 5 heterocycles. The van der Waals surface area contributed by atoms with E-state index in [4.69, 9.17) is 4.74 Å². The second-order valence-corrected chi connectivity index (χ2v) is 10.3. The molecule has 1 aromatic carbocycles. The van der Waals surface area contributed by atoms with Crippen LogP contribution >= 0.6 is 11.3 Å². The first-order chi connectivity index (χ1) is 15.8. The Kier molecular flexibility index (Phi) is 4.20. The van der Waals surface area contributed by atoms with Gasteiger partial charge in [0.15, 0.2) is 0 Å². The highest BCUT2D eigenvalue weighted by molar-refractivity contribution is 7.17. The number of carbonyl (C=O) groups excluding carboxylic acids is 4. The van der Waals surface area contributed by atoms with E-state index in [0.29, 0.717) is 22.8 Å². The molecule has 4 aliphatic rings. The first-order valence-electron chi connectivity index (χ1n) is 11.1. The highest BCUT2D eigenvalue weighted by Gasteiger charge is 2.74. The van der Waals surface area contributed by atoms with Crippen LogP contribution in [0.3, 0.4) is 0 Å². The Balaban J connectivity index is 1.55. The fraction of sp³-hybridized carbons (Fsp3) is 0.417. The van der Waals surface area contributed by atoms with Gasteiger partial charge in [-0.25, -0.2) is 9.69 Å². The number of rotatable bonds is 2. The van der Waals surface area contributed by atoms with E-state index < -0.39 is 29.3 Å². The Labute approximate surface area is 194 Å². The Bertz CT molecular complexity index is 1270. The summed E-state index contributed by atoms with van der Waals surface area (Å²) in [7, 11) is 1.28. The third-order valence-electron chi connectivity index (χ3n) is 7.86. The summed E-state index contributed by atoms with van der Waals surface area (Å²) in [4.78, 5) is 58.3. The minimum Gasteiger partial charge on any atom is -0.465 e. The predicted octanol–water partition coefficient (Wildman–Crippen LogP) is 2.58. The van der Waals surface area contributed by atoms with E-state index in [2.05, 4.69) is 10.2 Å². The van der Waals surface area contributed by atoms with E-state index in [0.717, 1.165) is 28.2 Å². The third-order valence-corrected chi connectivity index (χ3v) is 9.05. The van der Waals surface area contributed by atoms with Gasteiger partial charge < -0.3 is 10.1 Å². The summed E-state index contributed by atoms with van der Waals surface area (Å²) in [6.07, 6.45) is 1.61. The van der Waals surface area contributed by atoms with Crippen LogP contribution in [-0.2, 0) is 24.7 Å². The Morgan fingerprint density at radius 3 is 2.70 bits per heavy atom. The van der Waals surface area contributed by atoms with Crippen molar-refractivity contribution >= 4 is 45.7 Å². The number of hydrogen-bond donors (Lipinski definition) is 1. The molecule has 3 saturated heterocycles. The minimum absolute atomic E-state index is 0.197. The third kappa shape index (κ3) is 2.29. The molecule has 8 nitrogen and oxygen atoms in total. The molecule has 4 atom stereocenters. The number of anilines is 2. The number of carbonyl (C=O) groups is 4. The van der Waals surface area contributed by atoms with Crippen LogP contribution in [-0.4, -0.2) is 48.3 Å². The number of fused-ring (bicyclic) bond motifs is 7. The van der Waals surface area contributed by atoms with Crippen molar-refractivity contribution in [2.75, 3.05) is 23.9 Å². The van der Waals surface area contributed by atoms with Crippen LogP contribution < -0.4 is 10.2 Å². The summed E-state index contributed by atoms with van der Waals surface area (Å²) in [5.74, 6) is -3.05. The molecule has 0 bridgehead atoms. The lowest BCUT2D eigenvalue weighted by Crippen LogP contribution is -2.54. The van der Waals surface area contributed by atoms with Crippen molar-refractivity contribution in [3.63, 3.8) is 0 Å². The van der Waals surface area contributed by atoms with Gasteiger partial charge in [0.25, 0.3) is 0 Å². The van der Waals surface area contributed by atoms with E-state index >= 15 is 0 Å². The van der Waals surface area contributed by atoms with Crippen molar-refractivity contribution in [2.24, 2.45) is 11.8 Å². The van der Waals surface area contributed by atoms with E-state index in [1.54, 1.807) is 6.92 Å². The quantitative estimate of drug-likeness (QED) is 0.541. The number of aryl methyl sites for hydroxylation is 1. The number of amides is 3. The van der Waals surface area contributed by atoms with Crippen LogP contribution in [0.15, 0.2) is 24.3 Å². The first kappa shape index (κ1) is 20.6. The topological polar surface area (TPSA) is 96.0 Å². The van der Waals surface area contributed by atoms with Crippen LogP contribution in [0.1, 0.15) is 39.2 Å². The molecule has 170 valence electrons. The summed E-state index contributed by atoms with van der Waals surface area (Å²) in [6.45, 7) is 4.29. The number of imide groups is 1. The first-order valence-corrected chi connectivity index (χ1v) is 11.9. The molecule has 3 fully saturated rings. The highest BCUT2D eigenvalue weighted by Crippen LogP contribution is 2.61. The van der Waals surface area contributed by atoms with E-state index in [9.17, 15) is 19.2 Å². The number of hydrogen-bond acceptors (Lipinski definition) is 7. The fourth-order valence-electron chi connectivity index (χ4n) is 6.47. The molecule has 1 aromatic heterocycles. The van der Waals surface area contributed by atoms with Gasteiger partial charge in [-0.2, -0.15) is 0 Å². The van der Waals surface area contributed by atoms with Gasteiger partial charge in [-0.1, -0.05) is 18.2 Å². The van der Waals surface area contributed by atoms with Gasteiger partial charge >= 0.3 is 5.97 Å². The van der Waals surface area contributed by atoms with Crippen molar-refractivity contribution in [1.82, 2.24) is 4.90 Å². The monoisotopic (exact) mass is 465 g/mol. The molecule has 4 aliphatic heterocycles. The molecule has 2 aromatic rings. The van der Waals surface area contributed by atoms with Gasteiger partial charge in [0.2, 0.25) is 17.7 Å². The Morgan fingerprint density at radius 2 is 1.94 bits per heavy atom. The number of thiophene rings is 1. The standard InChI is InChI=1S/C24H23N3O5S/c1-11-12(2)33-21(16(11)22(30)32-3)27-19(28)17-15-9-6-10-26(15)24(18(17)20(27)29)13-7-4-5-8-14(13)25-23(24)31/h4-5,7-8,15,17-18H,6,9-10H2,1-3H3,(H,25,31)/t15-,17+,18+,24+/m0/s1. The van der Waals surface area contributed by atoms with Crippen LogP contribution in [0.25, 0.3) is 0 Å². The lowest BCUT2D eigenvalue weighted by atomic mass is 9.75. The normalized spacial score (nSPS) is 30.1. The molecule has 0 radical (unpaired) electrons. The maximum atomic E-state index is 14.1. The number of methoxy groups -OCH3 is 1. The van der Waals surface area contributed by atoms with Gasteiger partial charge in [-0.05, 0) is 44.9 Å². The molecule has 33 heavy (non-hydrogen) atoms.